The largest absolute Gasteiger partial charge is 0.310 e. The second kappa shape index (κ2) is 11.2. The minimum absolute atomic E-state index is 0.0277. The lowest BCUT2D eigenvalue weighted by Gasteiger charge is -2.53. The van der Waals surface area contributed by atoms with Gasteiger partial charge in [-0.15, -0.1) is 0 Å². The van der Waals surface area contributed by atoms with Gasteiger partial charge >= 0.3 is 0 Å². The highest BCUT2D eigenvalue weighted by molar-refractivity contribution is 5.97. The molecule has 0 aliphatic heterocycles. The monoisotopic (exact) mass is 751 g/mol. The number of hydrogen-bond acceptors (Lipinski definition) is 1. The summed E-state index contributed by atoms with van der Waals surface area (Å²) in [5.41, 5.74) is 22.3. The number of rotatable bonds is 3. The van der Waals surface area contributed by atoms with E-state index in [4.69, 9.17) is 0 Å². The molecule has 0 heterocycles. The smallest absolute Gasteiger partial charge is 0.0543 e. The van der Waals surface area contributed by atoms with E-state index in [1.807, 2.05) is 0 Å². The van der Waals surface area contributed by atoms with Crippen molar-refractivity contribution in [1.29, 1.82) is 0 Å². The summed E-state index contributed by atoms with van der Waals surface area (Å²) in [6.45, 7) is 4.83. The molecule has 1 heteroatoms. The predicted octanol–water partition coefficient (Wildman–Crippen LogP) is 14.7. The molecule has 6 aromatic rings. The van der Waals surface area contributed by atoms with E-state index in [1.165, 1.54) is 126 Å². The molecule has 9 aliphatic rings. The Morgan fingerprint density at radius 2 is 1.05 bits per heavy atom. The van der Waals surface area contributed by atoms with Crippen molar-refractivity contribution in [1.82, 2.24) is 0 Å². The van der Waals surface area contributed by atoms with E-state index in [0.717, 1.165) is 35.5 Å². The SMILES string of the molecule is CC1(C)c2ccccc2-c2cc(N(c3ccc4c(c3)C3(CC5CCC3C5)c3ccccc3-4)c3cccc4c3-c3ccccc3C43C4CCC5CC(C4)CC3C5)ccc21. The van der Waals surface area contributed by atoms with Crippen molar-refractivity contribution >= 4 is 17.1 Å². The first kappa shape index (κ1) is 33.0. The molecule has 0 N–H and O–H groups in total. The van der Waals surface area contributed by atoms with Crippen LogP contribution < -0.4 is 4.90 Å². The Kier molecular flexibility index (Phi) is 6.39. The van der Waals surface area contributed by atoms with Crippen molar-refractivity contribution in [3.8, 4) is 33.4 Å². The van der Waals surface area contributed by atoms with Crippen LogP contribution in [0.5, 0.6) is 0 Å². The Bertz CT molecular complexity index is 2740. The summed E-state index contributed by atoms with van der Waals surface area (Å²) in [6.07, 6.45) is 14.0. The zero-order valence-corrected chi connectivity index (χ0v) is 34.1. The van der Waals surface area contributed by atoms with E-state index in [2.05, 4.69) is 146 Å². The maximum absolute atomic E-state index is 2.72. The highest BCUT2D eigenvalue weighted by Gasteiger charge is 2.60. The van der Waals surface area contributed by atoms with E-state index in [9.17, 15) is 0 Å². The van der Waals surface area contributed by atoms with Gasteiger partial charge in [0.05, 0.1) is 5.69 Å². The molecule has 58 heavy (non-hydrogen) atoms. The quantitative estimate of drug-likeness (QED) is 0.174. The highest BCUT2D eigenvalue weighted by Crippen LogP contribution is 2.70. The third-order valence-corrected chi connectivity index (χ3v) is 18.2. The Balaban J connectivity index is 1.03. The van der Waals surface area contributed by atoms with Gasteiger partial charge < -0.3 is 4.90 Å². The second-order valence-electron chi connectivity index (χ2n) is 20.8. The first-order valence-electron chi connectivity index (χ1n) is 23.0. The minimum Gasteiger partial charge on any atom is -0.310 e. The summed E-state index contributed by atoms with van der Waals surface area (Å²) in [6, 6.07) is 51.1. The Morgan fingerprint density at radius 1 is 0.431 bits per heavy atom. The summed E-state index contributed by atoms with van der Waals surface area (Å²) < 4.78 is 0. The van der Waals surface area contributed by atoms with Crippen molar-refractivity contribution in [3.63, 3.8) is 0 Å². The van der Waals surface area contributed by atoms with Crippen LogP contribution in [0.4, 0.5) is 17.1 Å². The fraction of sp³-hybridized carbons (Fsp3) is 0.368. The summed E-state index contributed by atoms with van der Waals surface area (Å²) >= 11 is 0. The highest BCUT2D eigenvalue weighted by atomic mass is 15.1. The molecule has 6 saturated carbocycles. The van der Waals surface area contributed by atoms with E-state index < -0.39 is 0 Å². The molecular formula is C57H53N. The number of nitrogens with zero attached hydrogens (tertiary/aromatic N) is 1. The van der Waals surface area contributed by atoms with Crippen LogP contribution in [-0.2, 0) is 16.2 Å². The first-order valence-corrected chi connectivity index (χ1v) is 23.0. The van der Waals surface area contributed by atoms with Crippen LogP contribution in [0.1, 0.15) is 111 Å². The average molecular weight is 752 g/mol. The van der Waals surface area contributed by atoms with Gasteiger partial charge in [0.15, 0.2) is 0 Å². The van der Waals surface area contributed by atoms with Gasteiger partial charge in [0.25, 0.3) is 0 Å². The number of anilines is 3. The van der Waals surface area contributed by atoms with Gasteiger partial charge in [0, 0.05) is 33.2 Å². The molecule has 0 amide bonds. The molecule has 6 aromatic carbocycles. The van der Waals surface area contributed by atoms with Crippen LogP contribution in [0.15, 0.2) is 127 Å². The summed E-state index contributed by atoms with van der Waals surface area (Å²) in [5, 5.41) is 0. The van der Waals surface area contributed by atoms with Gasteiger partial charge in [0.1, 0.15) is 0 Å². The van der Waals surface area contributed by atoms with Crippen molar-refractivity contribution < 1.29 is 0 Å². The average Bonchev–Trinajstić information content (AvgIpc) is 4.02. The normalized spacial score (nSPS) is 31.6. The molecule has 2 spiro atoms. The molecule has 286 valence electrons. The lowest BCUT2D eigenvalue weighted by Crippen LogP contribution is -2.48. The number of fused-ring (bicyclic) bond motifs is 15. The third kappa shape index (κ3) is 3.91. The van der Waals surface area contributed by atoms with Crippen LogP contribution in [0.3, 0.4) is 0 Å². The van der Waals surface area contributed by atoms with Crippen LogP contribution >= 0.6 is 0 Å². The van der Waals surface area contributed by atoms with Crippen molar-refractivity contribution in [2.45, 2.75) is 94.3 Å². The molecule has 6 fully saturated rings. The fourth-order valence-corrected chi connectivity index (χ4v) is 16.3. The molecule has 6 bridgehead atoms. The topological polar surface area (TPSA) is 3.24 Å². The zero-order chi connectivity index (χ0) is 38.1. The standard InChI is InChI=1S/C57H53N/c1-55(2)47-13-6-3-11-43(47)46-31-40(23-25-48(46)55)58(41-22-24-44-42-10-4-7-14-49(42)56(52(44)32-41)33-35-19-20-37(56)28-35)53-17-9-16-51-54(53)45-12-5-8-15-50(45)57(51)38-21-18-34-26-36(29-38)30-39(57)27-34/h3-17,22-25,31-32,34-39H,18-21,26-30,33H2,1-2H3. The second-order valence-corrected chi connectivity index (χ2v) is 20.8. The van der Waals surface area contributed by atoms with Gasteiger partial charge in [-0.2, -0.15) is 0 Å². The minimum atomic E-state index is -0.0277. The van der Waals surface area contributed by atoms with Crippen LogP contribution in [0.2, 0.25) is 0 Å². The van der Waals surface area contributed by atoms with E-state index >= 15 is 0 Å². The third-order valence-electron chi connectivity index (χ3n) is 18.2. The van der Waals surface area contributed by atoms with Crippen molar-refractivity contribution in [2.75, 3.05) is 4.90 Å². The maximum Gasteiger partial charge on any atom is 0.0543 e. The van der Waals surface area contributed by atoms with E-state index in [0.29, 0.717) is 0 Å². The lowest BCUT2D eigenvalue weighted by atomic mass is 9.51. The van der Waals surface area contributed by atoms with Crippen molar-refractivity contribution in [3.05, 3.63) is 161 Å². The summed E-state index contributed by atoms with van der Waals surface area (Å²) in [7, 11) is 0. The molecule has 0 aromatic heterocycles. The maximum atomic E-state index is 2.72. The van der Waals surface area contributed by atoms with Crippen LogP contribution in [0.25, 0.3) is 33.4 Å². The molecule has 8 atom stereocenters. The Hall–Kier alpha value is -4.88. The van der Waals surface area contributed by atoms with Crippen LogP contribution in [-0.4, -0.2) is 0 Å². The van der Waals surface area contributed by atoms with Gasteiger partial charge in [-0.1, -0.05) is 124 Å². The Labute approximate surface area is 344 Å². The van der Waals surface area contributed by atoms with Crippen molar-refractivity contribution in [2.24, 2.45) is 35.5 Å². The molecule has 15 rings (SSSR count). The molecule has 0 saturated heterocycles. The van der Waals surface area contributed by atoms with Gasteiger partial charge in [-0.25, -0.2) is 0 Å². The molecular weight excluding hydrogens is 699 g/mol. The molecule has 8 unspecified atom stereocenters. The van der Waals surface area contributed by atoms with E-state index in [-0.39, 0.29) is 16.2 Å². The molecule has 9 aliphatic carbocycles. The number of hydrogen-bond donors (Lipinski definition) is 0. The lowest BCUT2D eigenvalue weighted by molar-refractivity contribution is 0.0618. The predicted molar refractivity (Wildman–Crippen MR) is 238 cm³/mol. The van der Waals surface area contributed by atoms with Gasteiger partial charge in [0.2, 0.25) is 0 Å². The van der Waals surface area contributed by atoms with E-state index in [1.54, 1.807) is 22.3 Å². The summed E-state index contributed by atoms with van der Waals surface area (Å²) in [4.78, 5) is 2.72. The van der Waals surface area contributed by atoms with Crippen LogP contribution in [0, 0.1) is 35.5 Å². The molecule has 1 nitrogen and oxygen atoms in total. The number of benzene rings is 6. The zero-order valence-electron chi connectivity index (χ0n) is 34.1. The van der Waals surface area contributed by atoms with Gasteiger partial charge in [-0.3, -0.25) is 0 Å². The fourth-order valence-electron chi connectivity index (χ4n) is 16.3. The van der Waals surface area contributed by atoms with Gasteiger partial charge in [-0.05, 0) is 178 Å². The summed E-state index contributed by atoms with van der Waals surface area (Å²) in [5.74, 6) is 4.87. The Morgan fingerprint density at radius 3 is 1.88 bits per heavy atom. The molecule has 0 radical (unpaired) electrons. The first-order chi connectivity index (χ1) is 28.4.